The molecule has 0 aliphatic heterocycles. The van der Waals surface area contributed by atoms with Gasteiger partial charge >= 0.3 is 0 Å². The van der Waals surface area contributed by atoms with Gasteiger partial charge in [-0.25, -0.2) is 4.98 Å². The molecule has 0 saturated carbocycles. The van der Waals surface area contributed by atoms with Crippen LogP contribution in [0.25, 0.3) is 11.3 Å². The maximum atomic E-state index is 13.9. The SMILES string of the molecule is C=C(C)[C@H](c1nc(-c2ccccc2)cn1Cc1ccccc1)N(CCNC(=O)CN)C(=O)c1ccccc1. The lowest BCUT2D eigenvalue weighted by atomic mass is 10.1. The van der Waals surface area contributed by atoms with Crippen LogP contribution in [0.1, 0.15) is 34.7 Å². The van der Waals surface area contributed by atoms with Crippen molar-refractivity contribution in [2.75, 3.05) is 19.6 Å². The van der Waals surface area contributed by atoms with Gasteiger partial charge in [0.05, 0.1) is 12.2 Å². The standard InChI is InChI=1S/C31H33N5O2/c1-23(2)29(36(19-18-33-28(37)20-32)31(38)26-16-10-5-11-17-26)30-34-27(25-14-8-4-9-15-25)22-35(30)21-24-12-6-3-7-13-24/h3-17,22,29H,1,18-21,32H2,2H3,(H,33,37)/t29-/m1/s1. The van der Waals surface area contributed by atoms with E-state index in [-0.39, 0.29) is 31.4 Å². The number of carbonyl (C=O) groups excluding carboxylic acids is 2. The van der Waals surface area contributed by atoms with Crippen LogP contribution in [0.3, 0.4) is 0 Å². The minimum absolute atomic E-state index is 0.113. The minimum atomic E-state index is -0.529. The summed E-state index contributed by atoms with van der Waals surface area (Å²) in [4.78, 5) is 32.5. The second-order valence-electron chi connectivity index (χ2n) is 9.13. The summed E-state index contributed by atoms with van der Waals surface area (Å²) in [6.45, 7) is 7.15. The molecule has 0 saturated heterocycles. The molecule has 0 fully saturated rings. The summed E-state index contributed by atoms with van der Waals surface area (Å²) in [6, 6.07) is 28.7. The Kier molecular flexibility index (Phi) is 8.85. The van der Waals surface area contributed by atoms with Gasteiger partial charge in [0.1, 0.15) is 11.9 Å². The van der Waals surface area contributed by atoms with Crippen molar-refractivity contribution in [3.8, 4) is 11.3 Å². The topological polar surface area (TPSA) is 93.2 Å². The van der Waals surface area contributed by atoms with E-state index in [1.165, 1.54) is 0 Å². The molecule has 3 aromatic carbocycles. The lowest BCUT2D eigenvalue weighted by molar-refractivity contribution is -0.119. The van der Waals surface area contributed by atoms with Crippen LogP contribution in [0.15, 0.2) is 109 Å². The summed E-state index contributed by atoms with van der Waals surface area (Å²) in [7, 11) is 0. The van der Waals surface area contributed by atoms with Crippen molar-refractivity contribution in [3.63, 3.8) is 0 Å². The molecule has 0 unspecified atom stereocenters. The van der Waals surface area contributed by atoms with Crippen LogP contribution < -0.4 is 11.1 Å². The molecule has 1 atom stereocenters. The minimum Gasteiger partial charge on any atom is -0.353 e. The van der Waals surface area contributed by atoms with Gasteiger partial charge in [0.25, 0.3) is 5.91 Å². The first-order valence-electron chi connectivity index (χ1n) is 12.6. The summed E-state index contributed by atoms with van der Waals surface area (Å²) < 4.78 is 2.08. The number of nitrogens with one attached hydrogen (secondary N) is 1. The third-order valence-electron chi connectivity index (χ3n) is 6.24. The van der Waals surface area contributed by atoms with Crippen LogP contribution in [0.2, 0.25) is 0 Å². The van der Waals surface area contributed by atoms with Crippen molar-refractivity contribution in [2.24, 2.45) is 5.73 Å². The molecular formula is C31H33N5O2. The molecule has 0 bridgehead atoms. The van der Waals surface area contributed by atoms with Crippen molar-refractivity contribution < 1.29 is 9.59 Å². The average molecular weight is 508 g/mol. The molecule has 0 spiro atoms. The van der Waals surface area contributed by atoms with Crippen molar-refractivity contribution in [3.05, 3.63) is 126 Å². The Bertz CT molecular complexity index is 1370. The Balaban J connectivity index is 1.79. The summed E-state index contributed by atoms with van der Waals surface area (Å²) >= 11 is 0. The first-order chi connectivity index (χ1) is 18.5. The Morgan fingerprint density at radius 3 is 2.18 bits per heavy atom. The number of amides is 2. The molecule has 1 aromatic heterocycles. The zero-order valence-electron chi connectivity index (χ0n) is 21.6. The van der Waals surface area contributed by atoms with Gasteiger partial charge in [0.2, 0.25) is 5.91 Å². The van der Waals surface area contributed by atoms with E-state index in [9.17, 15) is 9.59 Å². The number of hydrogen-bond donors (Lipinski definition) is 2. The quantitative estimate of drug-likeness (QED) is 0.294. The number of benzene rings is 3. The molecular weight excluding hydrogens is 474 g/mol. The Morgan fingerprint density at radius 2 is 1.58 bits per heavy atom. The molecule has 7 nitrogen and oxygen atoms in total. The zero-order chi connectivity index (χ0) is 26.9. The summed E-state index contributed by atoms with van der Waals surface area (Å²) in [6.07, 6.45) is 2.02. The number of nitrogens with zero attached hydrogens (tertiary/aromatic N) is 3. The maximum Gasteiger partial charge on any atom is 0.254 e. The van der Waals surface area contributed by atoms with E-state index < -0.39 is 6.04 Å². The fourth-order valence-electron chi connectivity index (χ4n) is 4.41. The zero-order valence-corrected chi connectivity index (χ0v) is 21.6. The second kappa shape index (κ2) is 12.7. The predicted octanol–water partition coefficient (Wildman–Crippen LogP) is 4.43. The fourth-order valence-corrected chi connectivity index (χ4v) is 4.41. The van der Waals surface area contributed by atoms with Gasteiger partial charge in [-0.3, -0.25) is 9.59 Å². The molecule has 2 amide bonds. The molecule has 3 N–H and O–H groups in total. The van der Waals surface area contributed by atoms with Crippen LogP contribution in [0.4, 0.5) is 0 Å². The molecule has 4 rings (SSSR count). The number of rotatable bonds is 11. The van der Waals surface area contributed by atoms with Gasteiger partial charge in [-0.1, -0.05) is 91.0 Å². The average Bonchev–Trinajstić information content (AvgIpc) is 3.36. The Hall–Kier alpha value is -4.49. The van der Waals surface area contributed by atoms with Gasteiger partial charge in [-0.2, -0.15) is 0 Å². The molecule has 0 radical (unpaired) electrons. The summed E-state index contributed by atoms with van der Waals surface area (Å²) in [5, 5.41) is 2.79. The first-order valence-corrected chi connectivity index (χ1v) is 12.6. The number of imidazole rings is 1. The molecule has 4 aromatic rings. The van der Waals surface area contributed by atoms with Gasteiger partial charge in [0, 0.05) is 37.0 Å². The Labute approximate surface area is 223 Å². The molecule has 38 heavy (non-hydrogen) atoms. The number of carbonyl (C=O) groups is 2. The van der Waals surface area contributed by atoms with Crippen LogP contribution in [-0.2, 0) is 11.3 Å². The fraction of sp³-hybridized carbons (Fsp3) is 0.194. The lowest BCUT2D eigenvalue weighted by Gasteiger charge is -2.32. The van der Waals surface area contributed by atoms with E-state index in [0.717, 1.165) is 22.4 Å². The molecule has 1 heterocycles. The lowest BCUT2D eigenvalue weighted by Crippen LogP contribution is -2.43. The van der Waals surface area contributed by atoms with Crippen molar-refractivity contribution in [2.45, 2.75) is 19.5 Å². The highest BCUT2D eigenvalue weighted by molar-refractivity contribution is 5.94. The normalized spacial score (nSPS) is 11.5. The van der Waals surface area contributed by atoms with E-state index in [2.05, 4.69) is 28.6 Å². The van der Waals surface area contributed by atoms with E-state index in [0.29, 0.717) is 17.9 Å². The summed E-state index contributed by atoms with van der Waals surface area (Å²) in [5.74, 6) is 0.256. The summed E-state index contributed by atoms with van der Waals surface area (Å²) in [5.41, 5.74) is 9.69. The first kappa shape index (κ1) is 26.6. The molecule has 0 aliphatic carbocycles. The van der Waals surface area contributed by atoms with E-state index >= 15 is 0 Å². The molecule has 0 aliphatic rings. The van der Waals surface area contributed by atoms with Gasteiger partial charge in [0.15, 0.2) is 0 Å². The smallest absolute Gasteiger partial charge is 0.254 e. The van der Waals surface area contributed by atoms with Crippen LogP contribution >= 0.6 is 0 Å². The highest BCUT2D eigenvalue weighted by Crippen LogP contribution is 2.31. The highest BCUT2D eigenvalue weighted by Gasteiger charge is 2.31. The number of nitrogens with two attached hydrogens (primary N) is 1. The van der Waals surface area contributed by atoms with Crippen LogP contribution in [0.5, 0.6) is 0 Å². The van der Waals surface area contributed by atoms with Gasteiger partial charge in [-0.15, -0.1) is 0 Å². The van der Waals surface area contributed by atoms with Crippen LogP contribution in [-0.4, -0.2) is 45.9 Å². The van der Waals surface area contributed by atoms with E-state index in [4.69, 9.17) is 10.7 Å². The van der Waals surface area contributed by atoms with E-state index in [1.807, 2.05) is 79.9 Å². The van der Waals surface area contributed by atoms with Crippen LogP contribution in [0, 0.1) is 0 Å². The van der Waals surface area contributed by atoms with Crippen molar-refractivity contribution in [1.82, 2.24) is 19.8 Å². The number of aromatic nitrogens is 2. The van der Waals surface area contributed by atoms with E-state index in [1.54, 1.807) is 17.0 Å². The number of hydrogen-bond acceptors (Lipinski definition) is 4. The monoisotopic (exact) mass is 507 g/mol. The highest BCUT2D eigenvalue weighted by atomic mass is 16.2. The largest absolute Gasteiger partial charge is 0.353 e. The Morgan fingerprint density at radius 1 is 0.974 bits per heavy atom. The predicted molar refractivity (Wildman–Crippen MR) is 150 cm³/mol. The van der Waals surface area contributed by atoms with Gasteiger partial charge < -0.3 is 20.5 Å². The maximum absolute atomic E-state index is 13.9. The van der Waals surface area contributed by atoms with Gasteiger partial charge in [-0.05, 0) is 24.6 Å². The third kappa shape index (κ3) is 6.44. The van der Waals surface area contributed by atoms with Crippen molar-refractivity contribution in [1.29, 1.82) is 0 Å². The molecule has 7 heteroatoms. The molecule has 194 valence electrons. The second-order valence-corrected chi connectivity index (χ2v) is 9.13. The third-order valence-corrected chi connectivity index (χ3v) is 6.24. The van der Waals surface area contributed by atoms with Crippen molar-refractivity contribution >= 4 is 11.8 Å².